The summed E-state index contributed by atoms with van der Waals surface area (Å²) in [6, 6.07) is 0. The first-order chi connectivity index (χ1) is 4.58. The highest BCUT2D eigenvalue weighted by Gasteiger charge is 2.42. The number of hydrogen-bond donors (Lipinski definition) is 2. The topological polar surface area (TPSA) is 49.7 Å². The van der Waals surface area contributed by atoms with Crippen molar-refractivity contribution in [1.29, 1.82) is 0 Å². The fourth-order valence-corrected chi connectivity index (χ4v) is 1.08. The largest absolute Gasteiger partial charge is 0.393 e. The van der Waals surface area contributed by atoms with Crippen molar-refractivity contribution in [2.45, 2.75) is 31.2 Å². The van der Waals surface area contributed by atoms with Crippen molar-refractivity contribution in [2.24, 2.45) is 0 Å². The number of ether oxygens (including phenoxy) is 1. The molecule has 58 valence electrons. The third kappa shape index (κ3) is 1.17. The maximum Gasteiger partial charge on any atom is 0.115 e. The SMILES string of the molecule is [CH][C@H]1C[C@@H](O)[C@@](C)(CO)O1. The number of hydrogen-bond acceptors (Lipinski definition) is 3. The summed E-state index contributed by atoms with van der Waals surface area (Å²) in [5.74, 6) is 0. The second-order valence-electron chi connectivity index (χ2n) is 2.88. The highest BCUT2D eigenvalue weighted by molar-refractivity contribution is 4.93. The average molecular weight is 144 g/mol. The van der Waals surface area contributed by atoms with Gasteiger partial charge in [-0.3, -0.25) is 0 Å². The second-order valence-corrected chi connectivity index (χ2v) is 2.88. The van der Waals surface area contributed by atoms with Crippen LogP contribution in [-0.4, -0.2) is 34.6 Å². The molecule has 0 spiro atoms. The summed E-state index contributed by atoms with van der Waals surface area (Å²) < 4.78 is 5.09. The van der Waals surface area contributed by atoms with Crippen LogP contribution in [0.15, 0.2) is 0 Å². The van der Waals surface area contributed by atoms with Crippen molar-refractivity contribution in [3.63, 3.8) is 0 Å². The van der Waals surface area contributed by atoms with E-state index in [-0.39, 0.29) is 6.61 Å². The van der Waals surface area contributed by atoms with Crippen LogP contribution < -0.4 is 0 Å². The molecule has 0 aromatic carbocycles. The molecule has 0 aromatic heterocycles. The van der Waals surface area contributed by atoms with E-state index in [1.165, 1.54) is 0 Å². The molecular formula is C7H12O3. The molecule has 0 aromatic rings. The lowest BCUT2D eigenvalue weighted by molar-refractivity contribution is -0.0900. The Hall–Kier alpha value is -0.120. The summed E-state index contributed by atoms with van der Waals surface area (Å²) in [6.07, 6.45) is -0.684. The summed E-state index contributed by atoms with van der Waals surface area (Å²) in [4.78, 5) is 0. The van der Waals surface area contributed by atoms with E-state index in [4.69, 9.17) is 16.8 Å². The number of aliphatic hydroxyl groups is 2. The molecule has 0 unspecified atom stereocenters. The van der Waals surface area contributed by atoms with E-state index in [9.17, 15) is 5.11 Å². The van der Waals surface area contributed by atoms with Gasteiger partial charge in [-0.2, -0.15) is 0 Å². The van der Waals surface area contributed by atoms with Gasteiger partial charge in [0.05, 0.1) is 18.8 Å². The summed E-state index contributed by atoms with van der Waals surface area (Å²) in [5, 5.41) is 18.0. The van der Waals surface area contributed by atoms with E-state index in [0.717, 1.165) is 0 Å². The first-order valence-electron chi connectivity index (χ1n) is 3.31. The van der Waals surface area contributed by atoms with E-state index in [1.54, 1.807) is 6.92 Å². The van der Waals surface area contributed by atoms with Crippen LogP contribution in [0.4, 0.5) is 0 Å². The molecule has 3 heteroatoms. The van der Waals surface area contributed by atoms with Crippen LogP contribution in [0.25, 0.3) is 0 Å². The van der Waals surface area contributed by atoms with Crippen LogP contribution >= 0.6 is 0 Å². The van der Waals surface area contributed by atoms with Gasteiger partial charge in [0.1, 0.15) is 5.60 Å². The zero-order chi connectivity index (χ0) is 7.78. The molecule has 1 rings (SSSR count). The van der Waals surface area contributed by atoms with Crippen LogP contribution in [0.3, 0.4) is 0 Å². The molecule has 2 N–H and O–H groups in total. The summed E-state index contributed by atoms with van der Waals surface area (Å²) >= 11 is 0. The van der Waals surface area contributed by atoms with Gasteiger partial charge in [0, 0.05) is 6.42 Å². The van der Waals surface area contributed by atoms with Gasteiger partial charge in [0.15, 0.2) is 0 Å². The molecule has 0 bridgehead atoms. The van der Waals surface area contributed by atoms with Crippen LogP contribution in [0.5, 0.6) is 0 Å². The van der Waals surface area contributed by atoms with Gasteiger partial charge >= 0.3 is 0 Å². The normalized spacial score (nSPS) is 48.0. The van der Waals surface area contributed by atoms with E-state index >= 15 is 0 Å². The van der Waals surface area contributed by atoms with Crippen LogP contribution in [0, 0.1) is 6.92 Å². The lowest BCUT2D eigenvalue weighted by atomic mass is 10.0. The molecule has 1 heterocycles. The Morgan fingerprint density at radius 2 is 2.40 bits per heavy atom. The van der Waals surface area contributed by atoms with Crippen molar-refractivity contribution in [3.05, 3.63) is 6.92 Å². The van der Waals surface area contributed by atoms with E-state index in [1.807, 2.05) is 0 Å². The maximum absolute atomic E-state index is 9.25. The minimum Gasteiger partial charge on any atom is -0.393 e. The van der Waals surface area contributed by atoms with E-state index < -0.39 is 17.8 Å². The molecule has 1 saturated heterocycles. The highest BCUT2D eigenvalue weighted by Crippen LogP contribution is 2.29. The minimum absolute atomic E-state index is 0.193. The Kier molecular flexibility index (Phi) is 1.99. The summed E-state index contributed by atoms with van der Waals surface area (Å²) in [5.41, 5.74) is -0.848. The Balaban J connectivity index is 2.61. The van der Waals surface area contributed by atoms with Crippen LogP contribution in [-0.2, 0) is 4.74 Å². The molecule has 0 saturated carbocycles. The van der Waals surface area contributed by atoms with Crippen molar-refractivity contribution in [3.8, 4) is 0 Å². The van der Waals surface area contributed by atoms with E-state index in [2.05, 4.69) is 0 Å². The summed E-state index contributed by atoms with van der Waals surface area (Å²) in [7, 11) is 0. The van der Waals surface area contributed by atoms with Crippen molar-refractivity contribution < 1.29 is 14.9 Å². The second kappa shape index (κ2) is 2.49. The Bertz CT molecular complexity index is 126. The van der Waals surface area contributed by atoms with Gasteiger partial charge in [0.25, 0.3) is 0 Å². The van der Waals surface area contributed by atoms with Gasteiger partial charge < -0.3 is 14.9 Å². The minimum atomic E-state index is -0.848. The van der Waals surface area contributed by atoms with E-state index in [0.29, 0.717) is 6.42 Å². The molecule has 10 heavy (non-hydrogen) atoms. The maximum atomic E-state index is 9.25. The average Bonchev–Trinajstić information content (AvgIpc) is 2.09. The van der Waals surface area contributed by atoms with Gasteiger partial charge in [-0.1, -0.05) is 0 Å². The molecular weight excluding hydrogens is 132 g/mol. The lowest BCUT2D eigenvalue weighted by Gasteiger charge is -2.24. The smallest absolute Gasteiger partial charge is 0.115 e. The third-order valence-corrected chi connectivity index (χ3v) is 1.90. The molecule has 0 aliphatic carbocycles. The molecule has 1 aliphatic rings. The predicted octanol–water partition coefficient (Wildman–Crippen LogP) is -0.402. The Labute approximate surface area is 60.6 Å². The Morgan fingerprint density at radius 3 is 2.60 bits per heavy atom. The van der Waals surface area contributed by atoms with Crippen LogP contribution in [0.1, 0.15) is 13.3 Å². The van der Waals surface area contributed by atoms with Crippen molar-refractivity contribution in [1.82, 2.24) is 0 Å². The molecule has 3 nitrogen and oxygen atoms in total. The molecule has 2 radical (unpaired) electrons. The fraction of sp³-hybridized carbons (Fsp3) is 0.857. The number of rotatable bonds is 1. The fourth-order valence-electron chi connectivity index (χ4n) is 1.08. The highest BCUT2D eigenvalue weighted by atomic mass is 16.5. The molecule has 3 atom stereocenters. The zero-order valence-corrected chi connectivity index (χ0v) is 5.95. The van der Waals surface area contributed by atoms with Crippen LogP contribution in [0.2, 0.25) is 0 Å². The standard InChI is InChI=1S/C7H12O3/c1-5-3-6(9)7(2,4-8)10-5/h1,5-6,8-9H,3-4H2,2H3/t5-,6+,7+/m0/s1. The summed E-state index contributed by atoms with van der Waals surface area (Å²) in [6.45, 7) is 6.83. The first-order valence-corrected chi connectivity index (χ1v) is 3.31. The Morgan fingerprint density at radius 1 is 1.80 bits per heavy atom. The van der Waals surface area contributed by atoms with Gasteiger partial charge in [0.2, 0.25) is 0 Å². The molecule has 1 aliphatic heterocycles. The van der Waals surface area contributed by atoms with Gasteiger partial charge in [-0.05, 0) is 13.8 Å². The molecule has 0 amide bonds. The van der Waals surface area contributed by atoms with Gasteiger partial charge in [-0.25, -0.2) is 0 Å². The third-order valence-electron chi connectivity index (χ3n) is 1.90. The van der Waals surface area contributed by atoms with Gasteiger partial charge in [-0.15, -0.1) is 0 Å². The predicted molar refractivity (Wildman–Crippen MR) is 35.3 cm³/mol. The zero-order valence-electron chi connectivity index (χ0n) is 5.95. The quantitative estimate of drug-likeness (QED) is 0.526. The molecule has 1 fully saturated rings. The van der Waals surface area contributed by atoms with Crippen molar-refractivity contribution >= 4 is 0 Å². The monoisotopic (exact) mass is 144 g/mol. The lowest BCUT2D eigenvalue weighted by Crippen LogP contribution is -2.39. The number of aliphatic hydroxyl groups excluding tert-OH is 2. The van der Waals surface area contributed by atoms with Crippen molar-refractivity contribution in [2.75, 3.05) is 6.61 Å². The first kappa shape index (κ1) is 7.98.